The van der Waals surface area contributed by atoms with Crippen molar-refractivity contribution in [2.75, 3.05) is 6.61 Å². The Hall–Kier alpha value is -2.44. The Kier molecular flexibility index (Phi) is 46.6. The lowest BCUT2D eigenvalue weighted by atomic mass is 10.0. The zero-order chi connectivity index (χ0) is 44.5. The predicted octanol–water partition coefficient (Wildman–Crippen LogP) is 15.6. The largest absolute Gasteiger partial charge is 0.462 e. The lowest BCUT2D eigenvalue weighted by Crippen LogP contribution is -2.46. The molecule has 0 aliphatic heterocycles. The van der Waals surface area contributed by atoms with Crippen LogP contribution in [-0.4, -0.2) is 46.9 Å². The fraction of sp³-hybridized carbons (Fsp3) is 0.782. The Morgan fingerprint density at radius 2 is 0.852 bits per heavy atom. The topological polar surface area (TPSA) is 95.9 Å². The van der Waals surface area contributed by atoms with Crippen molar-refractivity contribution in [2.24, 2.45) is 0 Å². The average Bonchev–Trinajstić information content (AvgIpc) is 3.25. The van der Waals surface area contributed by atoms with Gasteiger partial charge in [-0.2, -0.15) is 0 Å². The van der Waals surface area contributed by atoms with Gasteiger partial charge in [-0.3, -0.25) is 9.59 Å². The predicted molar refractivity (Wildman–Crippen MR) is 264 cm³/mol. The smallest absolute Gasteiger partial charge is 0.306 e. The van der Waals surface area contributed by atoms with Crippen molar-refractivity contribution in [1.29, 1.82) is 0 Å². The van der Waals surface area contributed by atoms with Gasteiger partial charge in [0.05, 0.1) is 25.2 Å². The molecule has 0 saturated carbocycles. The molecule has 61 heavy (non-hydrogen) atoms. The SMILES string of the molecule is CCCCC/C=C/C=C/C=C/C=C/CCCCCC(CC(=O)NC(CO)C(O)CCCCCCCCCCCCCC)OC(=O)CCCCC/C=C\CCCCCCCCC. The van der Waals surface area contributed by atoms with Crippen LogP contribution in [0.2, 0.25) is 0 Å². The lowest BCUT2D eigenvalue weighted by Gasteiger charge is -2.24. The molecule has 6 nitrogen and oxygen atoms in total. The van der Waals surface area contributed by atoms with E-state index in [-0.39, 0.29) is 24.9 Å². The number of nitrogens with one attached hydrogen (secondary N) is 1. The second-order valence-corrected chi connectivity index (χ2v) is 17.7. The van der Waals surface area contributed by atoms with Crippen LogP contribution in [0, 0.1) is 0 Å². The van der Waals surface area contributed by atoms with Crippen LogP contribution in [-0.2, 0) is 14.3 Å². The number of carbonyl (C=O) groups excluding carboxylic acids is 2. The summed E-state index contributed by atoms with van der Waals surface area (Å²) < 4.78 is 5.91. The first kappa shape index (κ1) is 58.6. The fourth-order valence-electron chi connectivity index (χ4n) is 7.67. The summed E-state index contributed by atoms with van der Waals surface area (Å²) >= 11 is 0. The Morgan fingerprint density at radius 3 is 1.36 bits per heavy atom. The molecule has 0 aromatic carbocycles. The van der Waals surface area contributed by atoms with E-state index in [4.69, 9.17) is 4.74 Å². The molecule has 0 saturated heterocycles. The summed E-state index contributed by atoms with van der Waals surface area (Å²) in [5, 5.41) is 23.7. The van der Waals surface area contributed by atoms with Crippen molar-refractivity contribution in [3.63, 3.8) is 0 Å². The van der Waals surface area contributed by atoms with Gasteiger partial charge in [0.25, 0.3) is 0 Å². The van der Waals surface area contributed by atoms with Crippen molar-refractivity contribution in [1.82, 2.24) is 5.32 Å². The van der Waals surface area contributed by atoms with Gasteiger partial charge in [0, 0.05) is 6.42 Å². The van der Waals surface area contributed by atoms with Gasteiger partial charge in [-0.15, -0.1) is 0 Å². The number of aliphatic hydroxyl groups excluding tert-OH is 2. The van der Waals surface area contributed by atoms with Crippen LogP contribution in [0.4, 0.5) is 0 Å². The second kappa shape index (κ2) is 48.6. The number of amides is 1. The van der Waals surface area contributed by atoms with E-state index in [1.165, 1.54) is 122 Å². The van der Waals surface area contributed by atoms with Crippen molar-refractivity contribution >= 4 is 11.9 Å². The van der Waals surface area contributed by atoms with Crippen molar-refractivity contribution in [3.05, 3.63) is 60.8 Å². The number of carbonyl (C=O) groups is 2. The van der Waals surface area contributed by atoms with E-state index in [0.717, 1.165) is 83.5 Å². The van der Waals surface area contributed by atoms with E-state index in [2.05, 4.69) is 80.8 Å². The minimum Gasteiger partial charge on any atom is -0.462 e. The first-order valence-electron chi connectivity index (χ1n) is 26.1. The Balaban J connectivity index is 4.71. The molecule has 3 unspecified atom stereocenters. The average molecular weight is 854 g/mol. The third-order valence-corrected chi connectivity index (χ3v) is 11.7. The Bertz CT molecular complexity index is 1090. The van der Waals surface area contributed by atoms with E-state index in [1.807, 2.05) is 6.08 Å². The Morgan fingerprint density at radius 1 is 0.475 bits per heavy atom. The van der Waals surface area contributed by atoms with Crippen molar-refractivity contribution < 1.29 is 24.5 Å². The van der Waals surface area contributed by atoms with Crippen LogP contribution in [0.3, 0.4) is 0 Å². The molecule has 0 rings (SSSR count). The molecule has 0 aliphatic carbocycles. The van der Waals surface area contributed by atoms with Crippen LogP contribution < -0.4 is 5.32 Å². The number of esters is 1. The minimum atomic E-state index is -0.802. The number of allylic oxidation sites excluding steroid dienone is 10. The maximum Gasteiger partial charge on any atom is 0.306 e. The van der Waals surface area contributed by atoms with Gasteiger partial charge in [-0.1, -0.05) is 223 Å². The molecule has 354 valence electrons. The van der Waals surface area contributed by atoms with Gasteiger partial charge in [0.15, 0.2) is 0 Å². The standard InChI is InChI=1S/C55H99NO5/c1-4-7-10-13-16-19-22-25-27-28-29-31-34-37-40-43-46-51(61-55(60)48-45-42-39-36-33-30-26-23-20-17-14-11-8-5-2)49-54(59)56-52(50-57)53(58)47-44-41-38-35-32-24-21-18-15-12-9-6-3/h16,19,22,25,27-31,33,51-53,57-58H,4-15,17-18,20-21,23-24,26,32,34-50H2,1-3H3,(H,56,59)/b19-16+,25-22+,28-27+,31-29+,33-30-. The minimum absolute atomic E-state index is 0.0449. The summed E-state index contributed by atoms with van der Waals surface area (Å²) in [4.78, 5) is 26.1. The first-order chi connectivity index (χ1) is 30.0. The maximum absolute atomic E-state index is 13.2. The molecule has 0 spiro atoms. The number of aliphatic hydroxyl groups is 2. The molecule has 0 aromatic rings. The van der Waals surface area contributed by atoms with Crippen molar-refractivity contribution in [3.8, 4) is 0 Å². The number of unbranched alkanes of at least 4 members (excludes halogenated alkanes) is 27. The maximum atomic E-state index is 13.2. The summed E-state index contributed by atoms with van der Waals surface area (Å²) in [5.41, 5.74) is 0. The summed E-state index contributed by atoms with van der Waals surface area (Å²) in [6.07, 6.45) is 59.9. The number of rotatable bonds is 46. The second-order valence-electron chi connectivity index (χ2n) is 17.7. The summed E-state index contributed by atoms with van der Waals surface area (Å²) in [7, 11) is 0. The van der Waals surface area contributed by atoms with E-state index in [1.54, 1.807) is 0 Å². The van der Waals surface area contributed by atoms with Gasteiger partial charge in [-0.05, 0) is 77.0 Å². The van der Waals surface area contributed by atoms with Gasteiger partial charge in [0.2, 0.25) is 5.91 Å². The number of hydrogen-bond acceptors (Lipinski definition) is 5. The number of hydrogen-bond donors (Lipinski definition) is 3. The highest BCUT2D eigenvalue weighted by Crippen LogP contribution is 2.17. The summed E-state index contributed by atoms with van der Waals surface area (Å²) in [6.45, 7) is 6.43. The van der Waals surface area contributed by atoms with Crippen LogP contribution in [0.15, 0.2) is 60.8 Å². The van der Waals surface area contributed by atoms with E-state index in [9.17, 15) is 19.8 Å². The molecule has 0 heterocycles. The fourth-order valence-corrected chi connectivity index (χ4v) is 7.67. The summed E-state index contributed by atoms with van der Waals surface area (Å²) in [6, 6.07) is -0.718. The van der Waals surface area contributed by atoms with Crippen LogP contribution >= 0.6 is 0 Å². The lowest BCUT2D eigenvalue weighted by molar-refractivity contribution is -0.151. The molecule has 6 heteroatoms. The third kappa shape index (κ3) is 44.0. The van der Waals surface area contributed by atoms with Crippen LogP contribution in [0.1, 0.15) is 252 Å². The van der Waals surface area contributed by atoms with Gasteiger partial charge in [-0.25, -0.2) is 0 Å². The van der Waals surface area contributed by atoms with Gasteiger partial charge >= 0.3 is 5.97 Å². The van der Waals surface area contributed by atoms with E-state index >= 15 is 0 Å². The van der Waals surface area contributed by atoms with Gasteiger partial charge in [0.1, 0.15) is 6.10 Å². The molecule has 3 atom stereocenters. The van der Waals surface area contributed by atoms with Gasteiger partial charge < -0.3 is 20.3 Å². The zero-order valence-corrected chi connectivity index (χ0v) is 40.3. The molecule has 0 aromatic heterocycles. The molecule has 0 fully saturated rings. The molecule has 0 aliphatic rings. The highest BCUT2D eigenvalue weighted by molar-refractivity contribution is 5.77. The molecule has 0 bridgehead atoms. The van der Waals surface area contributed by atoms with E-state index < -0.39 is 18.2 Å². The van der Waals surface area contributed by atoms with Crippen LogP contribution in [0.25, 0.3) is 0 Å². The molecular weight excluding hydrogens is 755 g/mol. The molecule has 0 radical (unpaired) electrons. The molecular formula is C55H99NO5. The highest BCUT2D eigenvalue weighted by Gasteiger charge is 2.24. The van der Waals surface area contributed by atoms with Crippen LogP contribution in [0.5, 0.6) is 0 Å². The number of ether oxygens (including phenoxy) is 1. The van der Waals surface area contributed by atoms with E-state index in [0.29, 0.717) is 19.3 Å². The first-order valence-corrected chi connectivity index (χ1v) is 26.1. The quantitative estimate of drug-likeness (QED) is 0.0245. The summed E-state index contributed by atoms with van der Waals surface area (Å²) in [5.74, 6) is -0.529. The molecule has 1 amide bonds. The molecule has 3 N–H and O–H groups in total. The third-order valence-electron chi connectivity index (χ3n) is 11.7. The normalized spacial score (nSPS) is 13.7. The zero-order valence-electron chi connectivity index (χ0n) is 40.3. The highest BCUT2D eigenvalue weighted by atomic mass is 16.5. The monoisotopic (exact) mass is 854 g/mol. The van der Waals surface area contributed by atoms with Crippen molar-refractivity contribution in [2.45, 2.75) is 270 Å². The Labute approximate surface area is 378 Å².